The van der Waals surface area contributed by atoms with E-state index in [0.717, 1.165) is 35.1 Å². The van der Waals surface area contributed by atoms with Crippen LogP contribution in [0.2, 0.25) is 0 Å². The van der Waals surface area contributed by atoms with Gasteiger partial charge in [-0.3, -0.25) is 0 Å². The zero-order valence-corrected chi connectivity index (χ0v) is 14.8. The van der Waals surface area contributed by atoms with E-state index in [0.29, 0.717) is 12.8 Å². The summed E-state index contributed by atoms with van der Waals surface area (Å²) < 4.78 is 5.48. The standard InChI is InChI=1S/C21H26O3/c1-12(2)18-6-5-16-11-17(24-21(16)23)8-13(3)7-15-9-14(4)19(10-15)20(18)22/h7,9,11,17-18,20,22H,1,5-6,8,10H2,2-4H3/b13-7-/t17-,18-,20-/m0/s1. The first-order valence-electron chi connectivity index (χ1n) is 8.67. The Balaban J connectivity index is 1.95. The summed E-state index contributed by atoms with van der Waals surface area (Å²) in [5.74, 6) is -0.251. The van der Waals surface area contributed by atoms with Crippen LogP contribution in [0.1, 0.15) is 46.5 Å². The molecule has 0 saturated carbocycles. The van der Waals surface area contributed by atoms with Crippen molar-refractivity contribution in [2.45, 2.75) is 58.7 Å². The van der Waals surface area contributed by atoms with Crippen molar-refractivity contribution in [1.82, 2.24) is 0 Å². The lowest BCUT2D eigenvalue weighted by Crippen LogP contribution is -2.24. The monoisotopic (exact) mass is 326 g/mol. The average molecular weight is 326 g/mol. The summed E-state index contributed by atoms with van der Waals surface area (Å²) in [5.41, 5.74) is 6.34. The fourth-order valence-corrected chi connectivity index (χ4v) is 3.96. The first-order valence-corrected chi connectivity index (χ1v) is 8.67. The molecule has 0 aromatic carbocycles. The number of carbonyl (C=O) groups excluding carboxylic acids is 1. The molecule has 0 amide bonds. The van der Waals surface area contributed by atoms with Gasteiger partial charge in [0.15, 0.2) is 0 Å². The number of esters is 1. The first kappa shape index (κ1) is 17.0. The van der Waals surface area contributed by atoms with Gasteiger partial charge in [0.25, 0.3) is 0 Å². The van der Waals surface area contributed by atoms with Gasteiger partial charge in [-0.05, 0) is 62.8 Å². The molecule has 3 atom stereocenters. The van der Waals surface area contributed by atoms with E-state index in [-0.39, 0.29) is 18.0 Å². The molecule has 0 fully saturated rings. The lowest BCUT2D eigenvalue weighted by Gasteiger charge is -2.25. The minimum Gasteiger partial charge on any atom is -0.454 e. The van der Waals surface area contributed by atoms with E-state index >= 15 is 0 Å². The van der Waals surface area contributed by atoms with Gasteiger partial charge in [-0.15, -0.1) is 0 Å². The van der Waals surface area contributed by atoms with E-state index in [1.54, 1.807) is 0 Å². The largest absolute Gasteiger partial charge is 0.454 e. The molecular weight excluding hydrogens is 300 g/mol. The highest BCUT2D eigenvalue weighted by Crippen LogP contribution is 2.37. The molecule has 1 heterocycles. The molecule has 0 aromatic rings. The average Bonchev–Trinajstić information content (AvgIpc) is 3.01. The van der Waals surface area contributed by atoms with Gasteiger partial charge in [-0.1, -0.05) is 29.9 Å². The smallest absolute Gasteiger partial charge is 0.334 e. The molecule has 3 nitrogen and oxygen atoms in total. The molecule has 3 heteroatoms. The summed E-state index contributed by atoms with van der Waals surface area (Å²) in [6.07, 6.45) is 8.43. The number of hydrogen-bond acceptors (Lipinski definition) is 3. The van der Waals surface area contributed by atoms with E-state index in [2.05, 4.69) is 32.6 Å². The Morgan fingerprint density at radius 1 is 1.33 bits per heavy atom. The number of aliphatic hydroxyl groups excluding tert-OH is 1. The Hall–Kier alpha value is -1.87. The van der Waals surface area contributed by atoms with Crippen molar-refractivity contribution in [2.24, 2.45) is 5.92 Å². The second kappa shape index (κ2) is 6.56. The third kappa shape index (κ3) is 3.32. The van der Waals surface area contributed by atoms with Crippen LogP contribution in [-0.2, 0) is 9.53 Å². The maximum atomic E-state index is 12.1. The molecular formula is C21H26O3. The molecule has 3 rings (SSSR count). The fourth-order valence-electron chi connectivity index (χ4n) is 3.96. The molecule has 24 heavy (non-hydrogen) atoms. The molecule has 0 spiro atoms. The van der Waals surface area contributed by atoms with Crippen molar-refractivity contribution in [3.05, 3.63) is 58.2 Å². The van der Waals surface area contributed by atoms with Crippen LogP contribution in [0.25, 0.3) is 0 Å². The number of aliphatic hydroxyl groups is 1. The molecule has 1 N–H and O–H groups in total. The van der Waals surface area contributed by atoms with Crippen LogP contribution in [-0.4, -0.2) is 23.3 Å². The minimum atomic E-state index is -0.542. The third-order valence-electron chi connectivity index (χ3n) is 5.26. The highest BCUT2D eigenvalue weighted by Gasteiger charge is 2.31. The zero-order chi connectivity index (χ0) is 17.4. The van der Waals surface area contributed by atoms with Crippen LogP contribution >= 0.6 is 0 Å². The van der Waals surface area contributed by atoms with E-state index in [1.165, 1.54) is 11.1 Å². The van der Waals surface area contributed by atoms with Gasteiger partial charge in [-0.25, -0.2) is 4.79 Å². The van der Waals surface area contributed by atoms with Crippen molar-refractivity contribution in [3.8, 4) is 0 Å². The summed E-state index contributed by atoms with van der Waals surface area (Å²) in [6.45, 7) is 10.2. The Labute approximate surface area is 144 Å². The van der Waals surface area contributed by atoms with Crippen molar-refractivity contribution >= 4 is 5.97 Å². The maximum absolute atomic E-state index is 12.1. The van der Waals surface area contributed by atoms with Gasteiger partial charge in [0.05, 0.1) is 6.10 Å². The van der Waals surface area contributed by atoms with Gasteiger partial charge < -0.3 is 9.84 Å². The molecule has 4 bridgehead atoms. The van der Waals surface area contributed by atoms with E-state index in [9.17, 15) is 9.90 Å². The quantitative estimate of drug-likeness (QED) is 0.581. The molecule has 0 saturated heterocycles. The number of hydrogen-bond donors (Lipinski definition) is 1. The number of rotatable bonds is 1. The minimum absolute atomic E-state index is 0.0405. The van der Waals surface area contributed by atoms with Crippen molar-refractivity contribution < 1.29 is 14.6 Å². The first-order chi connectivity index (χ1) is 11.3. The highest BCUT2D eigenvalue weighted by atomic mass is 16.5. The Morgan fingerprint density at radius 2 is 2.08 bits per heavy atom. The van der Waals surface area contributed by atoms with E-state index < -0.39 is 6.10 Å². The van der Waals surface area contributed by atoms with Gasteiger partial charge >= 0.3 is 5.97 Å². The molecule has 0 aromatic heterocycles. The predicted octanol–water partition coefficient (Wildman–Crippen LogP) is 4.17. The summed E-state index contributed by atoms with van der Waals surface area (Å²) in [6, 6.07) is 0. The number of fused-ring (bicyclic) bond motifs is 3. The van der Waals surface area contributed by atoms with Gasteiger partial charge in [0.1, 0.15) is 6.10 Å². The normalized spacial score (nSPS) is 32.8. The van der Waals surface area contributed by atoms with Gasteiger partial charge in [0, 0.05) is 17.9 Å². The summed E-state index contributed by atoms with van der Waals surface area (Å²) >= 11 is 0. The molecule has 1 aliphatic heterocycles. The summed E-state index contributed by atoms with van der Waals surface area (Å²) in [5, 5.41) is 10.9. The lowest BCUT2D eigenvalue weighted by atomic mass is 9.84. The number of ether oxygens (including phenoxy) is 1. The van der Waals surface area contributed by atoms with Crippen molar-refractivity contribution in [3.63, 3.8) is 0 Å². The molecule has 0 radical (unpaired) electrons. The van der Waals surface area contributed by atoms with E-state index in [1.807, 2.05) is 13.0 Å². The van der Waals surface area contributed by atoms with Crippen LogP contribution in [0.15, 0.2) is 58.2 Å². The SMILES string of the molecule is C=C(C)[C@@H]1CCC2=C[C@H](C/C(C)=C\C3=CC(C)=C(C3)[C@H]1O)OC2=O. The van der Waals surface area contributed by atoms with E-state index in [4.69, 9.17) is 4.74 Å². The Bertz CT molecular complexity index is 703. The molecule has 0 unspecified atom stereocenters. The van der Waals surface area contributed by atoms with Crippen LogP contribution in [0.5, 0.6) is 0 Å². The van der Waals surface area contributed by atoms with Crippen LogP contribution in [0, 0.1) is 5.92 Å². The zero-order valence-electron chi connectivity index (χ0n) is 14.8. The fraction of sp³-hybridized carbons (Fsp3) is 0.476. The second-order valence-electron chi connectivity index (χ2n) is 7.37. The molecule has 128 valence electrons. The molecule has 2 aliphatic carbocycles. The summed E-state index contributed by atoms with van der Waals surface area (Å²) in [7, 11) is 0. The second-order valence-corrected chi connectivity index (χ2v) is 7.37. The van der Waals surface area contributed by atoms with Crippen molar-refractivity contribution in [1.29, 1.82) is 0 Å². The van der Waals surface area contributed by atoms with Crippen LogP contribution in [0.4, 0.5) is 0 Å². The van der Waals surface area contributed by atoms with Crippen LogP contribution < -0.4 is 0 Å². The predicted molar refractivity (Wildman–Crippen MR) is 95.3 cm³/mol. The van der Waals surface area contributed by atoms with Crippen LogP contribution in [0.3, 0.4) is 0 Å². The van der Waals surface area contributed by atoms with Gasteiger partial charge in [0.2, 0.25) is 0 Å². The molecule has 3 aliphatic rings. The lowest BCUT2D eigenvalue weighted by molar-refractivity contribution is -0.139. The number of carbonyl (C=O) groups is 1. The number of allylic oxidation sites excluding steroid dienone is 4. The van der Waals surface area contributed by atoms with Crippen molar-refractivity contribution in [2.75, 3.05) is 0 Å². The Morgan fingerprint density at radius 3 is 2.79 bits per heavy atom. The maximum Gasteiger partial charge on any atom is 0.334 e. The highest BCUT2D eigenvalue weighted by molar-refractivity contribution is 5.90. The topological polar surface area (TPSA) is 46.5 Å². The Kier molecular flexibility index (Phi) is 4.64. The van der Waals surface area contributed by atoms with Gasteiger partial charge in [-0.2, -0.15) is 0 Å². The third-order valence-corrected chi connectivity index (χ3v) is 5.26. The summed E-state index contributed by atoms with van der Waals surface area (Å²) in [4.78, 5) is 12.1.